The summed E-state index contributed by atoms with van der Waals surface area (Å²) in [6.07, 6.45) is 1.91. The van der Waals surface area contributed by atoms with E-state index >= 15 is 0 Å². The second-order valence-corrected chi connectivity index (χ2v) is 29.1. The molecule has 0 aliphatic rings. The quantitative estimate of drug-likeness (QED) is 0.112. The Hall–Kier alpha value is -5.66. The monoisotopic (exact) mass is 1100 g/mol. The number of rotatable bonds is 8. The van der Waals surface area contributed by atoms with Gasteiger partial charge in [0.25, 0.3) is 0 Å². The van der Waals surface area contributed by atoms with Gasteiger partial charge in [0.1, 0.15) is 5.58 Å². The Bertz CT molecular complexity index is 3450. The van der Waals surface area contributed by atoms with Gasteiger partial charge in [-0.2, -0.15) is 0 Å². The van der Waals surface area contributed by atoms with Crippen molar-refractivity contribution in [1.82, 2.24) is 19.5 Å². The SMILES string of the molecule is CC(C)c1cc(-c2ccccc2)cc(C(C)C)c1-n1c(-c2[c-]ccc3c2oc2ccccc23)nc2nc3ccccc3cc21.[2H]C([2H])([2H])c1c[c-]c(-c2cc(C([2H])(C)C)[c]([Ge]([CH3])([CH3])[CH3])cn2)cc1.[Ir]. The molecule has 0 saturated heterocycles. The van der Waals surface area contributed by atoms with Gasteiger partial charge in [0.05, 0.1) is 22.4 Å². The fourth-order valence-corrected chi connectivity index (χ4v) is 12.0. The standard InChI is InChI=1S/C40H32N3O.C18H24GeN.Ir/c1-24(2)32-21-28(26-13-6-5-7-14-26)22-33(25(3)4)37(32)43-35-23-27-15-8-10-19-34(27)41-39(35)42-40(43)31-18-12-17-30-29-16-9-11-20-36(29)44-38(30)31;1-13(2)16-11-18(15-9-7-14(3)8-10-15)20-12-17(16)19(4,5)6;/h5-17,19-25H,1-4H3;7-9,11-13H,1-6H3;/q2*-1;/i;3D3,13D;. The second kappa shape index (κ2) is 18.7. The number of fused-ring (bicyclic) bond motifs is 5. The van der Waals surface area contributed by atoms with Gasteiger partial charge in [-0.1, -0.05) is 105 Å². The van der Waals surface area contributed by atoms with E-state index in [1.165, 1.54) is 32.7 Å². The summed E-state index contributed by atoms with van der Waals surface area (Å²) in [6.45, 7) is 10.8. The molecule has 4 heterocycles. The van der Waals surface area contributed by atoms with Crippen molar-refractivity contribution in [1.29, 1.82) is 0 Å². The fourth-order valence-electron chi connectivity index (χ4n) is 8.67. The van der Waals surface area contributed by atoms with Crippen molar-refractivity contribution in [2.75, 3.05) is 0 Å². The number of furan rings is 1. The molecule has 0 spiro atoms. The average Bonchev–Trinajstić information content (AvgIpc) is 3.88. The molecule has 0 atom stereocenters. The van der Waals surface area contributed by atoms with Crippen molar-refractivity contribution in [2.24, 2.45) is 0 Å². The number of imidazole rings is 1. The number of hydrogen-bond acceptors (Lipinski definition) is 4. The van der Waals surface area contributed by atoms with Gasteiger partial charge in [0, 0.05) is 36.6 Å². The molecule has 65 heavy (non-hydrogen) atoms. The van der Waals surface area contributed by atoms with Gasteiger partial charge in [-0.3, -0.25) is 4.98 Å². The van der Waals surface area contributed by atoms with Crippen molar-refractivity contribution in [2.45, 2.75) is 83.4 Å². The van der Waals surface area contributed by atoms with E-state index in [1.807, 2.05) is 56.4 Å². The van der Waals surface area contributed by atoms with Crippen LogP contribution in [0.3, 0.4) is 0 Å². The molecule has 0 aliphatic heterocycles. The Morgan fingerprint density at radius 3 is 2.09 bits per heavy atom. The first-order valence-corrected chi connectivity index (χ1v) is 29.5. The molecule has 10 rings (SSSR count). The van der Waals surface area contributed by atoms with Crippen molar-refractivity contribution in [3.05, 3.63) is 174 Å². The van der Waals surface area contributed by atoms with Crippen LogP contribution in [0.4, 0.5) is 0 Å². The Balaban J connectivity index is 0.000000219. The van der Waals surface area contributed by atoms with Crippen LogP contribution < -0.4 is 4.40 Å². The van der Waals surface area contributed by atoms with Gasteiger partial charge in [-0.25, -0.2) is 4.98 Å². The Morgan fingerprint density at radius 1 is 0.708 bits per heavy atom. The first-order chi connectivity index (χ1) is 32.3. The molecule has 0 aliphatic carbocycles. The summed E-state index contributed by atoms with van der Waals surface area (Å²) in [5.74, 6) is 7.48. The first kappa shape index (κ1) is 40.8. The van der Waals surface area contributed by atoms with E-state index < -0.39 is 26.0 Å². The molecule has 6 aromatic carbocycles. The summed E-state index contributed by atoms with van der Waals surface area (Å²) >= 11 is -2.14. The molecule has 0 bridgehead atoms. The third-order valence-electron chi connectivity index (χ3n) is 12.0. The van der Waals surface area contributed by atoms with Crippen LogP contribution in [-0.4, -0.2) is 32.8 Å². The predicted octanol–water partition coefficient (Wildman–Crippen LogP) is 15.4. The largest absolute Gasteiger partial charge is 0 e. The summed E-state index contributed by atoms with van der Waals surface area (Å²) in [7, 11) is 0. The van der Waals surface area contributed by atoms with E-state index in [-0.39, 0.29) is 37.5 Å². The topological polar surface area (TPSA) is 56.7 Å². The maximum Gasteiger partial charge on any atom is 0 e. The van der Waals surface area contributed by atoms with E-state index in [0.29, 0.717) is 5.65 Å². The summed E-state index contributed by atoms with van der Waals surface area (Å²) in [5, 5.41) is 3.22. The molecule has 1 radical (unpaired) electrons. The van der Waals surface area contributed by atoms with Crippen LogP contribution in [0, 0.1) is 19.0 Å². The zero-order chi connectivity index (χ0) is 48.3. The Kier molecular flexibility index (Phi) is 11.7. The van der Waals surface area contributed by atoms with E-state index in [4.69, 9.17) is 19.9 Å². The molecule has 0 unspecified atom stereocenters. The maximum atomic E-state index is 8.49. The number of aromatic nitrogens is 4. The number of para-hydroxylation sites is 2. The average molecular weight is 1090 g/mol. The van der Waals surface area contributed by atoms with Gasteiger partial charge < -0.3 is 8.98 Å². The third-order valence-corrected chi connectivity index (χ3v) is 16.2. The maximum absolute atomic E-state index is 8.49. The molecule has 0 saturated carbocycles. The molecular weight excluding hydrogens is 1030 g/mol. The first-order valence-electron chi connectivity index (χ1n) is 24.2. The summed E-state index contributed by atoms with van der Waals surface area (Å²) in [6, 6.07) is 51.5. The Morgan fingerprint density at radius 2 is 1.42 bits per heavy atom. The zero-order valence-corrected chi connectivity index (χ0v) is 43.0. The minimum Gasteiger partial charge on any atom is 0 e. The smallest absolute Gasteiger partial charge is 0 e. The molecular formula is C58H56GeIrN4O-2. The zero-order valence-electron chi connectivity index (χ0n) is 42.5. The summed E-state index contributed by atoms with van der Waals surface area (Å²) < 4.78 is 40.9. The van der Waals surface area contributed by atoms with Crippen LogP contribution in [0.1, 0.15) is 87.0 Å². The van der Waals surface area contributed by atoms with E-state index in [2.05, 4.69) is 146 Å². The molecule has 0 fully saturated rings. The van der Waals surface area contributed by atoms with Crippen LogP contribution in [0.25, 0.3) is 83.5 Å². The molecule has 0 amide bonds. The molecule has 7 heteroatoms. The number of pyridine rings is 2. The van der Waals surface area contributed by atoms with Crippen LogP contribution in [0.15, 0.2) is 144 Å². The van der Waals surface area contributed by atoms with Crippen LogP contribution in [0.2, 0.25) is 17.3 Å². The van der Waals surface area contributed by atoms with Crippen molar-refractivity contribution in [3.63, 3.8) is 0 Å². The molecule has 329 valence electrons. The molecule has 4 aromatic heterocycles. The minimum atomic E-state index is -2.14. The minimum absolute atomic E-state index is 0. The predicted molar refractivity (Wildman–Crippen MR) is 272 cm³/mol. The number of hydrogen-bond donors (Lipinski definition) is 0. The normalized spacial score (nSPS) is 13.1. The van der Waals surface area contributed by atoms with Crippen molar-refractivity contribution < 1.29 is 30.0 Å². The number of aryl methyl sites for hydroxylation is 1. The third kappa shape index (κ3) is 9.01. The van der Waals surface area contributed by atoms with E-state index in [0.717, 1.165) is 72.3 Å². The van der Waals surface area contributed by atoms with E-state index in [1.54, 1.807) is 12.1 Å². The molecule has 0 N–H and O–H groups in total. The van der Waals surface area contributed by atoms with E-state index in [9.17, 15) is 0 Å². The second-order valence-electron chi connectivity index (χ2n) is 18.5. The van der Waals surface area contributed by atoms with Crippen molar-refractivity contribution >= 4 is 61.7 Å². The van der Waals surface area contributed by atoms with Gasteiger partial charge in [0.15, 0.2) is 5.65 Å². The van der Waals surface area contributed by atoms with Crippen LogP contribution >= 0.6 is 0 Å². The molecule has 10 aromatic rings. The number of nitrogens with zero attached hydrogens (tertiary/aromatic N) is 4. The summed E-state index contributed by atoms with van der Waals surface area (Å²) in [5.41, 5.74) is 14.0. The molecule has 5 nitrogen and oxygen atoms in total. The fraction of sp³-hybridized carbons (Fsp3) is 0.224. The van der Waals surface area contributed by atoms with Gasteiger partial charge in [-0.15, -0.1) is 18.2 Å². The van der Waals surface area contributed by atoms with Gasteiger partial charge in [0.2, 0.25) is 0 Å². The van der Waals surface area contributed by atoms with Crippen molar-refractivity contribution in [3.8, 4) is 39.5 Å². The summed E-state index contributed by atoms with van der Waals surface area (Å²) in [4.78, 5) is 14.9. The van der Waals surface area contributed by atoms with Crippen LogP contribution in [-0.2, 0) is 20.1 Å². The van der Waals surface area contributed by atoms with Gasteiger partial charge in [-0.05, 0) is 64.4 Å². The van der Waals surface area contributed by atoms with Gasteiger partial charge >= 0.3 is 131 Å². The van der Waals surface area contributed by atoms with Crippen LogP contribution in [0.5, 0.6) is 0 Å². The Labute approximate surface area is 405 Å². The number of benzene rings is 6.